The second-order valence-corrected chi connectivity index (χ2v) is 4.73. The van der Waals surface area contributed by atoms with Gasteiger partial charge >= 0.3 is 0 Å². The summed E-state index contributed by atoms with van der Waals surface area (Å²) in [6, 6.07) is 0.938. The second kappa shape index (κ2) is 2.01. The van der Waals surface area contributed by atoms with Gasteiger partial charge in [-0.05, 0) is 43.6 Å². The van der Waals surface area contributed by atoms with E-state index in [1.807, 2.05) is 0 Å². The molecule has 0 aromatic carbocycles. The molecule has 0 amide bonds. The average Bonchev–Trinajstić information content (AvgIpc) is 2.52. The molecule has 2 atom stereocenters. The van der Waals surface area contributed by atoms with Gasteiger partial charge < -0.3 is 5.32 Å². The van der Waals surface area contributed by atoms with Crippen LogP contribution in [0.15, 0.2) is 0 Å². The summed E-state index contributed by atoms with van der Waals surface area (Å²) >= 11 is 0. The van der Waals surface area contributed by atoms with E-state index < -0.39 is 0 Å². The summed E-state index contributed by atoms with van der Waals surface area (Å²) in [7, 11) is 0. The van der Waals surface area contributed by atoms with E-state index in [-0.39, 0.29) is 0 Å². The quantitative estimate of drug-likeness (QED) is 0.558. The molecule has 1 N–H and O–H groups in total. The lowest BCUT2D eigenvalue weighted by molar-refractivity contribution is 0.0215. The van der Waals surface area contributed by atoms with E-state index in [1.165, 1.54) is 32.2 Å². The first kappa shape index (κ1) is 6.47. The molecule has 1 spiro atoms. The van der Waals surface area contributed by atoms with Gasteiger partial charge in [0, 0.05) is 6.04 Å². The highest BCUT2D eigenvalue weighted by Gasteiger charge is 2.55. The van der Waals surface area contributed by atoms with E-state index in [0.717, 1.165) is 17.4 Å². The maximum atomic E-state index is 3.61. The Morgan fingerprint density at radius 3 is 2.73 bits per heavy atom. The van der Waals surface area contributed by atoms with Crippen molar-refractivity contribution in [1.82, 2.24) is 5.32 Å². The molecule has 1 heteroatoms. The normalized spacial score (nSPS) is 45.8. The van der Waals surface area contributed by atoms with E-state index in [0.29, 0.717) is 0 Å². The number of rotatable bonds is 0. The van der Waals surface area contributed by atoms with Crippen LogP contribution in [-0.2, 0) is 0 Å². The number of hydrogen-bond donors (Lipinski definition) is 1. The number of nitrogens with one attached hydrogen (secondary N) is 1. The topological polar surface area (TPSA) is 12.0 Å². The van der Waals surface area contributed by atoms with Crippen molar-refractivity contribution in [3.05, 3.63) is 0 Å². The molecule has 62 valence electrons. The van der Waals surface area contributed by atoms with Crippen LogP contribution in [-0.4, -0.2) is 12.6 Å². The van der Waals surface area contributed by atoms with Crippen LogP contribution >= 0.6 is 0 Å². The van der Waals surface area contributed by atoms with E-state index >= 15 is 0 Å². The minimum absolute atomic E-state index is 0.855. The molecule has 11 heavy (non-hydrogen) atoms. The second-order valence-electron chi connectivity index (χ2n) is 4.73. The smallest absolute Gasteiger partial charge is 0.0106 e. The molecule has 0 radical (unpaired) electrons. The third-order valence-corrected chi connectivity index (χ3v) is 4.36. The first-order chi connectivity index (χ1) is 5.41. The van der Waals surface area contributed by atoms with Crippen LogP contribution in [0.1, 0.15) is 38.5 Å². The summed E-state index contributed by atoms with van der Waals surface area (Å²) in [6.45, 7) is 1.30. The molecule has 2 unspecified atom stereocenters. The Morgan fingerprint density at radius 2 is 2.00 bits per heavy atom. The molecule has 0 aromatic rings. The molecule has 1 nitrogen and oxygen atoms in total. The zero-order valence-electron chi connectivity index (χ0n) is 7.10. The van der Waals surface area contributed by atoms with Crippen molar-refractivity contribution < 1.29 is 0 Å². The van der Waals surface area contributed by atoms with E-state index in [9.17, 15) is 0 Å². The van der Waals surface area contributed by atoms with Gasteiger partial charge in [-0.15, -0.1) is 0 Å². The van der Waals surface area contributed by atoms with E-state index in [2.05, 4.69) is 5.32 Å². The predicted octanol–water partition coefficient (Wildman–Crippen LogP) is 1.93. The first-order valence-corrected chi connectivity index (χ1v) is 5.14. The standard InChI is InChI=1S/C10H17N/c1-2-5-10(4-1)7-9-8(10)3-6-11-9/h8-9,11H,1-7H2. The fraction of sp³-hybridized carbons (Fsp3) is 1.00. The molecule has 1 saturated heterocycles. The van der Waals surface area contributed by atoms with Gasteiger partial charge in [0.2, 0.25) is 0 Å². The van der Waals surface area contributed by atoms with Crippen LogP contribution in [0, 0.1) is 11.3 Å². The van der Waals surface area contributed by atoms with Crippen molar-refractivity contribution in [1.29, 1.82) is 0 Å². The van der Waals surface area contributed by atoms with Crippen molar-refractivity contribution >= 4 is 0 Å². The molecule has 2 aliphatic carbocycles. The molecule has 1 aliphatic heterocycles. The molecule has 3 fully saturated rings. The van der Waals surface area contributed by atoms with Crippen LogP contribution in [0.5, 0.6) is 0 Å². The Hall–Kier alpha value is -0.0400. The molecule has 1 heterocycles. The summed E-state index contributed by atoms with van der Waals surface area (Å²) in [5, 5.41) is 3.61. The van der Waals surface area contributed by atoms with Crippen molar-refractivity contribution in [3.8, 4) is 0 Å². The molecule has 0 aromatic heterocycles. The Kier molecular flexibility index (Phi) is 1.18. The third-order valence-electron chi connectivity index (χ3n) is 4.36. The molecule has 2 saturated carbocycles. The lowest BCUT2D eigenvalue weighted by Crippen LogP contribution is -2.51. The maximum absolute atomic E-state index is 3.61. The van der Waals surface area contributed by atoms with Crippen molar-refractivity contribution in [3.63, 3.8) is 0 Å². The summed E-state index contributed by atoms with van der Waals surface area (Å²) in [6.07, 6.45) is 9.13. The van der Waals surface area contributed by atoms with Crippen LogP contribution in [0.25, 0.3) is 0 Å². The van der Waals surface area contributed by atoms with Crippen LogP contribution in [0.4, 0.5) is 0 Å². The van der Waals surface area contributed by atoms with E-state index in [4.69, 9.17) is 0 Å². The highest BCUT2D eigenvalue weighted by molar-refractivity contribution is 5.09. The van der Waals surface area contributed by atoms with Gasteiger partial charge in [-0.25, -0.2) is 0 Å². The lowest BCUT2D eigenvalue weighted by atomic mass is 9.56. The highest BCUT2D eigenvalue weighted by Crippen LogP contribution is 2.59. The number of hydrogen-bond acceptors (Lipinski definition) is 1. The summed E-state index contributed by atoms with van der Waals surface area (Å²) in [5.41, 5.74) is 0.855. The van der Waals surface area contributed by atoms with Gasteiger partial charge in [-0.3, -0.25) is 0 Å². The SMILES string of the molecule is C1CCC2(C1)CC1NCCC12. The highest BCUT2D eigenvalue weighted by atomic mass is 15.0. The fourth-order valence-electron chi connectivity index (χ4n) is 3.80. The zero-order valence-corrected chi connectivity index (χ0v) is 7.10. The molecule has 3 aliphatic rings. The maximum Gasteiger partial charge on any atom is 0.0106 e. The Labute approximate surface area is 68.6 Å². The Morgan fingerprint density at radius 1 is 1.18 bits per heavy atom. The fourth-order valence-corrected chi connectivity index (χ4v) is 3.80. The lowest BCUT2D eigenvalue weighted by Gasteiger charge is -2.50. The van der Waals surface area contributed by atoms with Gasteiger partial charge in [-0.1, -0.05) is 12.8 Å². The zero-order chi connectivity index (χ0) is 7.31. The van der Waals surface area contributed by atoms with Gasteiger partial charge in [0.05, 0.1) is 0 Å². The largest absolute Gasteiger partial charge is 0.314 e. The van der Waals surface area contributed by atoms with Gasteiger partial charge in [0.15, 0.2) is 0 Å². The molecule has 3 rings (SSSR count). The minimum atomic E-state index is 0.855. The van der Waals surface area contributed by atoms with Crippen molar-refractivity contribution in [2.75, 3.05) is 6.54 Å². The molecular weight excluding hydrogens is 134 g/mol. The van der Waals surface area contributed by atoms with Gasteiger partial charge in [0.1, 0.15) is 0 Å². The summed E-state index contributed by atoms with van der Waals surface area (Å²) < 4.78 is 0. The first-order valence-electron chi connectivity index (χ1n) is 5.14. The summed E-state index contributed by atoms with van der Waals surface area (Å²) in [5.74, 6) is 1.09. The van der Waals surface area contributed by atoms with Crippen molar-refractivity contribution in [2.24, 2.45) is 11.3 Å². The molecular formula is C10H17N. The Bertz CT molecular complexity index is 170. The monoisotopic (exact) mass is 151 g/mol. The van der Waals surface area contributed by atoms with Gasteiger partial charge in [0.25, 0.3) is 0 Å². The van der Waals surface area contributed by atoms with Crippen molar-refractivity contribution in [2.45, 2.75) is 44.6 Å². The summed E-state index contributed by atoms with van der Waals surface area (Å²) in [4.78, 5) is 0. The van der Waals surface area contributed by atoms with Crippen LogP contribution in [0.3, 0.4) is 0 Å². The van der Waals surface area contributed by atoms with Gasteiger partial charge in [-0.2, -0.15) is 0 Å². The van der Waals surface area contributed by atoms with E-state index in [1.54, 1.807) is 12.8 Å². The Balaban J connectivity index is 1.81. The molecule has 0 bridgehead atoms. The predicted molar refractivity (Wildman–Crippen MR) is 45.4 cm³/mol. The van der Waals surface area contributed by atoms with Crippen LogP contribution in [0.2, 0.25) is 0 Å². The van der Waals surface area contributed by atoms with Crippen LogP contribution < -0.4 is 5.32 Å². The average molecular weight is 151 g/mol. The minimum Gasteiger partial charge on any atom is -0.314 e. The third kappa shape index (κ3) is 0.703. The number of fused-ring (bicyclic) bond motifs is 2.